The lowest BCUT2D eigenvalue weighted by molar-refractivity contribution is -0.136. The molecule has 5 heteroatoms. The minimum absolute atomic E-state index is 0.0753. The molecule has 3 N–H and O–H groups in total. The zero-order chi connectivity index (χ0) is 14.4. The van der Waals surface area contributed by atoms with Crippen LogP contribution in [0.4, 0.5) is 5.69 Å². The van der Waals surface area contributed by atoms with E-state index in [0.29, 0.717) is 12.1 Å². The van der Waals surface area contributed by atoms with Gasteiger partial charge in [-0.1, -0.05) is 17.7 Å². The van der Waals surface area contributed by atoms with Crippen molar-refractivity contribution in [3.05, 3.63) is 29.8 Å². The molecule has 0 aromatic heterocycles. The van der Waals surface area contributed by atoms with Crippen molar-refractivity contribution in [1.29, 1.82) is 0 Å². The van der Waals surface area contributed by atoms with E-state index < -0.39 is 5.97 Å². The minimum atomic E-state index is -1.03. The largest absolute Gasteiger partial charge is 0.480 e. The third-order valence-corrected chi connectivity index (χ3v) is 2.75. The van der Waals surface area contributed by atoms with E-state index in [9.17, 15) is 9.59 Å². The van der Waals surface area contributed by atoms with Gasteiger partial charge in [0.15, 0.2) is 0 Å². The fraction of sp³-hybridized carbons (Fsp3) is 0.429. The summed E-state index contributed by atoms with van der Waals surface area (Å²) in [5.74, 6) is -1.25. The SMILES string of the molecule is Cc1ccc(N(CC(=O)O)C(=O)CCC(C)N)cc1. The number of carboxylic acids is 1. The molecule has 0 heterocycles. The first-order valence-corrected chi connectivity index (χ1v) is 6.24. The number of carboxylic acid groups (broad SMARTS) is 1. The lowest BCUT2D eigenvalue weighted by atomic mass is 10.1. The summed E-state index contributed by atoms with van der Waals surface area (Å²) in [4.78, 5) is 24.2. The van der Waals surface area contributed by atoms with Crippen molar-refractivity contribution in [3.63, 3.8) is 0 Å². The number of amides is 1. The van der Waals surface area contributed by atoms with Crippen LogP contribution < -0.4 is 10.6 Å². The molecule has 1 atom stereocenters. The van der Waals surface area contributed by atoms with E-state index in [1.807, 2.05) is 26.0 Å². The lowest BCUT2D eigenvalue weighted by Gasteiger charge is -2.21. The number of carbonyl (C=O) groups is 2. The lowest BCUT2D eigenvalue weighted by Crippen LogP contribution is -2.36. The summed E-state index contributed by atoms with van der Waals surface area (Å²) in [5.41, 5.74) is 7.27. The number of nitrogens with two attached hydrogens (primary N) is 1. The van der Waals surface area contributed by atoms with Crippen LogP contribution in [0.3, 0.4) is 0 Å². The maximum absolute atomic E-state index is 12.1. The zero-order valence-corrected chi connectivity index (χ0v) is 11.3. The normalized spacial score (nSPS) is 11.9. The molecular weight excluding hydrogens is 244 g/mol. The number of carbonyl (C=O) groups excluding carboxylic acids is 1. The highest BCUT2D eigenvalue weighted by Gasteiger charge is 2.18. The van der Waals surface area contributed by atoms with Crippen LogP contribution >= 0.6 is 0 Å². The summed E-state index contributed by atoms with van der Waals surface area (Å²) in [6, 6.07) is 7.13. The fourth-order valence-corrected chi connectivity index (χ4v) is 1.67. The van der Waals surface area contributed by atoms with Crippen molar-refractivity contribution in [2.75, 3.05) is 11.4 Å². The number of hydrogen-bond acceptors (Lipinski definition) is 3. The highest BCUT2D eigenvalue weighted by atomic mass is 16.4. The van der Waals surface area contributed by atoms with E-state index in [4.69, 9.17) is 10.8 Å². The van der Waals surface area contributed by atoms with Gasteiger partial charge in [0, 0.05) is 18.2 Å². The first-order valence-electron chi connectivity index (χ1n) is 6.24. The summed E-state index contributed by atoms with van der Waals surface area (Å²) < 4.78 is 0. The van der Waals surface area contributed by atoms with Crippen molar-refractivity contribution < 1.29 is 14.7 Å². The summed E-state index contributed by atoms with van der Waals surface area (Å²) in [6.45, 7) is 3.42. The Kier molecular flexibility index (Phi) is 5.51. The third-order valence-electron chi connectivity index (χ3n) is 2.75. The minimum Gasteiger partial charge on any atom is -0.480 e. The van der Waals surface area contributed by atoms with Crippen molar-refractivity contribution in [3.8, 4) is 0 Å². The second kappa shape index (κ2) is 6.89. The number of rotatable bonds is 6. The van der Waals surface area contributed by atoms with Crippen LogP contribution in [0, 0.1) is 6.92 Å². The van der Waals surface area contributed by atoms with Crippen LogP contribution in [-0.4, -0.2) is 29.6 Å². The zero-order valence-electron chi connectivity index (χ0n) is 11.3. The van der Waals surface area contributed by atoms with E-state index in [-0.39, 0.29) is 24.9 Å². The van der Waals surface area contributed by atoms with Crippen LogP contribution in [0.2, 0.25) is 0 Å². The number of anilines is 1. The van der Waals surface area contributed by atoms with Gasteiger partial charge in [0.1, 0.15) is 6.54 Å². The van der Waals surface area contributed by atoms with E-state index >= 15 is 0 Å². The van der Waals surface area contributed by atoms with Crippen molar-refractivity contribution in [2.45, 2.75) is 32.7 Å². The Hall–Kier alpha value is -1.88. The predicted octanol–water partition coefficient (Wildman–Crippen LogP) is 1.54. The van der Waals surface area contributed by atoms with Gasteiger partial charge in [-0.25, -0.2) is 0 Å². The molecule has 0 fully saturated rings. The molecule has 0 aliphatic carbocycles. The van der Waals surface area contributed by atoms with E-state index in [1.165, 1.54) is 4.90 Å². The third kappa shape index (κ3) is 5.09. The van der Waals surface area contributed by atoms with Gasteiger partial charge >= 0.3 is 5.97 Å². The molecule has 0 spiro atoms. The second-order valence-corrected chi connectivity index (χ2v) is 4.73. The molecule has 0 aliphatic heterocycles. The van der Waals surface area contributed by atoms with Gasteiger partial charge in [-0.15, -0.1) is 0 Å². The first-order chi connectivity index (χ1) is 8.90. The molecule has 1 aromatic carbocycles. The van der Waals surface area contributed by atoms with Crippen molar-refractivity contribution in [2.24, 2.45) is 5.73 Å². The van der Waals surface area contributed by atoms with Gasteiger partial charge in [0.25, 0.3) is 0 Å². The maximum Gasteiger partial charge on any atom is 0.323 e. The molecule has 1 unspecified atom stereocenters. The van der Waals surface area contributed by atoms with Gasteiger partial charge in [-0.05, 0) is 32.4 Å². The fourth-order valence-electron chi connectivity index (χ4n) is 1.67. The topological polar surface area (TPSA) is 83.6 Å². The Labute approximate surface area is 113 Å². The molecule has 1 amide bonds. The van der Waals surface area contributed by atoms with Crippen LogP contribution in [-0.2, 0) is 9.59 Å². The first kappa shape index (κ1) is 15.2. The number of hydrogen-bond donors (Lipinski definition) is 2. The quantitative estimate of drug-likeness (QED) is 0.816. The highest BCUT2D eigenvalue weighted by molar-refractivity contribution is 5.97. The van der Waals surface area contributed by atoms with Crippen molar-refractivity contribution in [1.82, 2.24) is 0 Å². The van der Waals surface area contributed by atoms with Gasteiger partial charge in [-0.2, -0.15) is 0 Å². The van der Waals surface area contributed by atoms with Crippen molar-refractivity contribution >= 4 is 17.6 Å². The molecule has 104 valence electrons. The average Bonchev–Trinajstić information content (AvgIpc) is 2.34. The predicted molar refractivity (Wildman–Crippen MR) is 74.1 cm³/mol. The Bertz CT molecular complexity index is 441. The summed E-state index contributed by atoms with van der Waals surface area (Å²) in [7, 11) is 0. The van der Waals surface area contributed by atoms with Crippen LogP contribution in [0.25, 0.3) is 0 Å². The van der Waals surface area contributed by atoms with Crippen LogP contribution in [0.15, 0.2) is 24.3 Å². The van der Waals surface area contributed by atoms with Crippen LogP contribution in [0.1, 0.15) is 25.3 Å². The molecule has 0 bridgehead atoms. The van der Waals surface area contributed by atoms with E-state index in [1.54, 1.807) is 12.1 Å². The average molecular weight is 264 g/mol. The monoisotopic (exact) mass is 264 g/mol. The molecule has 1 aromatic rings. The summed E-state index contributed by atoms with van der Waals surface area (Å²) in [5, 5.41) is 8.91. The number of nitrogens with zero attached hydrogens (tertiary/aromatic N) is 1. The molecular formula is C14H20N2O3. The Morgan fingerprint density at radius 2 is 1.89 bits per heavy atom. The summed E-state index contributed by atoms with van der Waals surface area (Å²) >= 11 is 0. The molecule has 19 heavy (non-hydrogen) atoms. The summed E-state index contributed by atoms with van der Waals surface area (Å²) in [6.07, 6.45) is 0.791. The molecule has 0 saturated carbocycles. The van der Waals surface area contributed by atoms with Gasteiger partial charge in [0.05, 0.1) is 0 Å². The molecule has 0 saturated heterocycles. The Morgan fingerprint density at radius 1 is 1.32 bits per heavy atom. The molecule has 1 rings (SSSR count). The van der Waals surface area contributed by atoms with E-state index in [2.05, 4.69) is 0 Å². The Balaban J connectivity index is 2.84. The molecule has 0 aliphatic rings. The van der Waals surface area contributed by atoms with E-state index in [0.717, 1.165) is 5.56 Å². The standard InChI is InChI=1S/C14H20N2O3/c1-10-3-6-12(7-4-10)16(9-14(18)19)13(17)8-5-11(2)15/h3-4,6-7,11H,5,8-9,15H2,1-2H3,(H,18,19). The van der Waals surface area contributed by atoms with Crippen LogP contribution in [0.5, 0.6) is 0 Å². The Morgan fingerprint density at radius 3 is 2.37 bits per heavy atom. The smallest absolute Gasteiger partial charge is 0.323 e. The maximum atomic E-state index is 12.1. The number of aliphatic carboxylic acids is 1. The van der Waals surface area contributed by atoms with Gasteiger partial charge < -0.3 is 15.7 Å². The number of benzene rings is 1. The molecule has 0 radical (unpaired) electrons. The molecule has 5 nitrogen and oxygen atoms in total. The highest BCUT2D eigenvalue weighted by Crippen LogP contribution is 2.16. The number of aryl methyl sites for hydroxylation is 1. The van der Waals surface area contributed by atoms with Gasteiger partial charge in [0.2, 0.25) is 5.91 Å². The van der Waals surface area contributed by atoms with Gasteiger partial charge in [-0.3, -0.25) is 9.59 Å². The second-order valence-electron chi connectivity index (χ2n) is 4.73.